The molecule has 58 valence electrons. The van der Waals surface area contributed by atoms with Crippen molar-refractivity contribution in [2.45, 2.75) is 13.3 Å². The lowest BCUT2D eigenvalue weighted by Crippen LogP contribution is -2.38. The molecular weight excluding hydrogens is 128 g/mol. The molecule has 1 aliphatic rings. The molecule has 0 aromatic rings. The molecule has 0 bridgehead atoms. The van der Waals surface area contributed by atoms with E-state index in [1.807, 2.05) is 6.92 Å². The van der Waals surface area contributed by atoms with Crippen molar-refractivity contribution >= 4 is 5.91 Å². The third-order valence-electron chi connectivity index (χ3n) is 2.14. The van der Waals surface area contributed by atoms with Crippen LogP contribution in [0.25, 0.3) is 0 Å². The SMILES string of the molecule is CNC(=O)[C@@]1(C)CCNC1. The predicted molar refractivity (Wildman–Crippen MR) is 39.7 cm³/mol. The maximum Gasteiger partial charge on any atom is 0.227 e. The Hall–Kier alpha value is -0.570. The lowest BCUT2D eigenvalue weighted by atomic mass is 9.89. The van der Waals surface area contributed by atoms with Crippen molar-refractivity contribution in [1.82, 2.24) is 10.6 Å². The molecule has 1 atom stereocenters. The minimum atomic E-state index is -0.158. The Balaban J connectivity index is 2.58. The zero-order valence-corrected chi connectivity index (χ0v) is 6.53. The summed E-state index contributed by atoms with van der Waals surface area (Å²) >= 11 is 0. The van der Waals surface area contributed by atoms with E-state index in [9.17, 15) is 4.79 Å². The highest BCUT2D eigenvalue weighted by Crippen LogP contribution is 2.23. The molecule has 1 fully saturated rings. The number of rotatable bonds is 1. The lowest BCUT2D eigenvalue weighted by Gasteiger charge is -2.19. The van der Waals surface area contributed by atoms with Gasteiger partial charge in [0, 0.05) is 13.6 Å². The Morgan fingerprint density at radius 1 is 1.70 bits per heavy atom. The average molecular weight is 142 g/mol. The average Bonchev–Trinajstić information content (AvgIpc) is 2.36. The van der Waals surface area contributed by atoms with Crippen LogP contribution in [0.1, 0.15) is 13.3 Å². The first-order valence-corrected chi connectivity index (χ1v) is 3.62. The summed E-state index contributed by atoms with van der Waals surface area (Å²) < 4.78 is 0. The Morgan fingerprint density at radius 3 is 2.80 bits per heavy atom. The number of hydrogen-bond donors (Lipinski definition) is 2. The van der Waals surface area contributed by atoms with Crippen LogP contribution >= 0.6 is 0 Å². The van der Waals surface area contributed by atoms with Crippen LogP contribution in [-0.4, -0.2) is 26.0 Å². The third-order valence-corrected chi connectivity index (χ3v) is 2.14. The van der Waals surface area contributed by atoms with Gasteiger partial charge in [0.2, 0.25) is 5.91 Å². The van der Waals surface area contributed by atoms with Gasteiger partial charge < -0.3 is 10.6 Å². The molecule has 1 saturated heterocycles. The smallest absolute Gasteiger partial charge is 0.227 e. The zero-order chi connectivity index (χ0) is 7.61. The molecule has 3 nitrogen and oxygen atoms in total. The number of amides is 1. The van der Waals surface area contributed by atoms with Crippen LogP contribution < -0.4 is 10.6 Å². The lowest BCUT2D eigenvalue weighted by molar-refractivity contribution is -0.128. The molecule has 0 aromatic heterocycles. The Bertz CT molecular complexity index is 139. The summed E-state index contributed by atoms with van der Waals surface area (Å²) in [5.74, 6) is 0.150. The van der Waals surface area contributed by atoms with E-state index in [0.717, 1.165) is 19.5 Å². The standard InChI is InChI=1S/C7H14N2O/c1-7(6(10)8-2)3-4-9-5-7/h9H,3-5H2,1-2H3,(H,8,10)/t7-/m0/s1. The van der Waals surface area contributed by atoms with Crippen LogP contribution in [-0.2, 0) is 4.79 Å². The summed E-state index contributed by atoms with van der Waals surface area (Å²) in [5, 5.41) is 5.84. The molecule has 10 heavy (non-hydrogen) atoms. The van der Waals surface area contributed by atoms with Gasteiger partial charge >= 0.3 is 0 Å². The van der Waals surface area contributed by atoms with Gasteiger partial charge in [-0.15, -0.1) is 0 Å². The fourth-order valence-electron chi connectivity index (χ4n) is 1.31. The van der Waals surface area contributed by atoms with Crippen LogP contribution in [0.4, 0.5) is 0 Å². The van der Waals surface area contributed by atoms with Gasteiger partial charge in [0.25, 0.3) is 0 Å². The molecule has 1 aliphatic heterocycles. The zero-order valence-electron chi connectivity index (χ0n) is 6.53. The van der Waals surface area contributed by atoms with E-state index < -0.39 is 0 Å². The number of nitrogens with one attached hydrogen (secondary N) is 2. The van der Waals surface area contributed by atoms with Gasteiger partial charge in [-0.05, 0) is 19.9 Å². The number of hydrogen-bond acceptors (Lipinski definition) is 2. The van der Waals surface area contributed by atoms with Gasteiger partial charge in [-0.1, -0.05) is 0 Å². The highest BCUT2D eigenvalue weighted by Gasteiger charge is 2.35. The minimum Gasteiger partial charge on any atom is -0.359 e. The van der Waals surface area contributed by atoms with Gasteiger partial charge in [-0.3, -0.25) is 4.79 Å². The van der Waals surface area contributed by atoms with Crippen molar-refractivity contribution in [2.75, 3.05) is 20.1 Å². The molecule has 0 aromatic carbocycles. The van der Waals surface area contributed by atoms with Crippen LogP contribution in [0.5, 0.6) is 0 Å². The van der Waals surface area contributed by atoms with Gasteiger partial charge in [-0.2, -0.15) is 0 Å². The van der Waals surface area contributed by atoms with Crippen molar-refractivity contribution in [2.24, 2.45) is 5.41 Å². The van der Waals surface area contributed by atoms with Crippen LogP contribution in [0.3, 0.4) is 0 Å². The van der Waals surface area contributed by atoms with Crippen molar-refractivity contribution < 1.29 is 4.79 Å². The fraction of sp³-hybridized carbons (Fsp3) is 0.857. The van der Waals surface area contributed by atoms with Gasteiger partial charge in [-0.25, -0.2) is 0 Å². The monoisotopic (exact) mass is 142 g/mol. The summed E-state index contributed by atoms with van der Waals surface area (Å²) in [5.41, 5.74) is -0.158. The van der Waals surface area contributed by atoms with Crippen LogP contribution in [0, 0.1) is 5.41 Å². The van der Waals surface area contributed by atoms with Gasteiger partial charge in [0.05, 0.1) is 5.41 Å². The summed E-state index contributed by atoms with van der Waals surface area (Å²) in [6.45, 7) is 3.77. The van der Waals surface area contributed by atoms with Crippen molar-refractivity contribution in [3.8, 4) is 0 Å². The highest BCUT2D eigenvalue weighted by atomic mass is 16.2. The Kier molecular flexibility index (Phi) is 1.94. The van der Waals surface area contributed by atoms with Crippen molar-refractivity contribution in [3.63, 3.8) is 0 Å². The second-order valence-electron chi connectivity index (χ2n) is 3.07. The highest BCUT2D eigenvalue weighted by molar-refractivity contribution is 5.82. The molecule has 1 amide bonds. The van der Waals surface area contributed by atoms with Crippen LogP contribution in [0.15, 0.2) is 0 Å². The third kappa shape index (κ3) is 1.14. The normalized spacial score (nSPS) is 32.2. The minimum absolute atomic E-state index is 0.150. The van der Waals surface area contributed by atoms with E-state index in [-0.39, 0.29) is 11.3 Å². The molecular formula is C7H14N2O. The molecule has 0 radical (unpaired) electrons. The Labute approximate surface area is 61.2 Å². The number of carbonyl (C=O) groups excluding carboxylic acids is 1. The van der Waals surface area contributed by atoms with Crippen molar-refractivity contribution in [1.29, 1.82) is 0 Å². The van der Waals surface area contributed by atoms with E-state index in [4.69, 9.17) is 0 Å². The first-order chi connectivity index (χ1) is 4.69. The second kappa shape index (κ2) is 2.58. The topological polar surface area (TPSA) is 41.1 Å². The quantitative estimate of drug-likeness (QED) is 0.529. The number of carbonyl (C=O) groups is 1. The van der Waals surface area contributed by atoms with Crippen LogP contribution in [0.2, 0.25) is 0 Å². The maximum atomic E-state index is 11.2. The molecule has 1 rings (SSSR count). The predicted octanol–water partition coefficient (Wildman–Crippen LogP) is -0.268. The van der Waals surface area contributed by atoms with Crippen molar-refractivity contribution in [3.05, 3.63) is 0 Å². The largest absolute Gasteiger partial charge is 0.359 e. The summed E-state index contributed by atoms with van der Waals surface area (Å²) in [7, 11) is 1.69. The van der Waals surface area contributed by atoms with Gasteiger partial charge in [0.15, 0.2) is 0 Å². The fourth-order valence-corrected chi connectivity index (χ4v) is 1.31. The summed E-state index contributed by atoms with van der Waals surface area (Å²) in [6.07, 6.45) is 0.951. The molecule has 2 N–H and O–H groups in total. The molecule has 0 unspecified atom stereocenters. The van der Waals surface area contributed by atoms with E-state index in [0.29, 0.717) is 0 Å². The molecule has 1 heterocycles. The van der Waals surface area contributed by atoms with E-state index in [2.05, 4.69) is 10.6 Å². The van der Waals surface area contributed by atoms with E-state index in [1.54, 1.807) is 7.05 Å². The first-order valence-electron chi connectivity index (χ1n) is 3.62. The molecule has 0 spiro atoms. The maximum absolute atomic E-state index is 11.2. The molecule has 0 saturated carbocycles. The Morgan fingerprint density at radius 2 is 2.40 bits per heavy atom. The second-order valence-corrected chi connectivity index (χ2v) is 3.07. The molecule has 3 heteroatoms. The van der Waals surface area contributed by atoms with E-state index >= 15 is 0 Å². The molecule has 0 aliphatic carbocycles. The first kappa shape index (κ1) is 7.54. The summed E-state index contributed by atoms with van der Waals surface area (Å²) in [4.78, 5) is 11.2. The van der Waals surface area contributed by atoms with Gasteiger partial charge in [0.1, 0.15) is 0 Å². The summed E-state index contributed by atoms with van der Waals surface area (Å²) in [6, 6.07) is 0. The van der Waals surface area contributed by atoms with E-state index in [1.165, 1.54) is 0 Å².